The molecule has 1 aliphatic rings. The second kappa shape index (κ2) is 7.43. The Morgan fingerprint density at radius 2 is 2.04 bits per heavy atom. The Morgan fingerprint density at radius 1 is 1.29 bits per heavy atom. The van der Waals surface area contributed by atoms with Gasteiger partial charge in [-0.1, -0.05) is 24.8 Å². The van der Waals surface area contributed by atoms with Crippen LogP contribution in [0.25, 0.3) is 5.57 Å². The van der Waals surface area contributed by atoms with Crippen LogP contribution in [-0.4, -0.2) is 24.2 Å². The molecule has 1 amide bonds. The molecule has 1 aromatic carbocycles. The first-order chi connectivity index (χ1) is 13.3. The van der Waals surface area contributed by atoms with Crippen molar-refractivity contribution >= 4 is 29.1 Å². The number of rotatable bonds is 5. The van der Waals surface area contributed by atoms with Gasteiger partial charge in [0.2, 0.25) is 5.91 Å². The number of pyridine rings is 1. The molecule has 2 heterocycles. The number of anilines is 2. The maximum absolute atomic E-state index is 13.3. The van der Waals surface area contributed by atoms with Gasteiger partial charge in [-0.2, -0.15) is 0 Å². The summed E-state index contributed by atoms with van der Waals surface area (Å²) in [7, 11) is 1.59. The van der Waals surface area contributed by atoms with Crippen molar-refractivity contribution in [3.8, 4) is 5.75 Å². The summed E-state index contributed by atoms with van der Waals surface area (Å²) in [6, 6.07) is 7.90. The zero-order valence-electron chi connectivity index (χ0n) is 17.0. The third kappa shape index (κ3) is 3.36. The van der Waals surface area contributed by atoms with Gasteiger partial charge in [-0.25, -0.2) is 0 Å². The summed E-state index contributed by atoms with van der Waals surface area (Å²) in [4.78, 5) is 23.5. The SMILES string of the molecule is C=C(C)N=C/C(=C\C)c1ccc2c(c1)N(c1cncc(OC)c1)C(=O)C2(C)C. The molecule has 0 atom stereocenters. The Balaban J connectivity index is 2.15. The number of benzene rings is 1. The summed E-state index contributed by atoms with van der Waals surface area (Å²) in [6.45, 7) is 11.5. The Hall–Kier alpha value is -3.21. The molecule has 0 spiro atoms. The number of aliphatic imine (C=N–C) groups is 1. The molecule has 5 nitrogen and oxygen atoms in total. The van der Waals surface area contributed by atoms with Crippen molar-refractivity contribution in [2.45, 2.75) is 33.1 Å². The highest BCUT2D eigenvalue weighted by atomic mass is 16.5. The van der Waals surface area contributed by atoms with Gasteiger partial charge in [-0.05, 0) is 50.5 Å². The topological polar surface area (TPSA) is 54.8 Å². The van der Waals surface area contributed by atoms with E-state index >= 15 is 0 Å². The number of allylic oxidation sites excluding steroid dienone is 3. The van der Waals surface area contributed by atoms with Crippen LogP contribution in [0.2, 0.25) is 0 Å². The van der Waals surface area contributed by atoms with E-state index in [1.165, 1.54) is 0 Å². The number of hydrogen-bond donors (Lipinski definition) is 0. The summed E-state index contributed by atoms with van der Waals surface area (Å²) in [5, 5.41) is 0. The summed E-state index contributed by atoms with van der Waals surface area (Å²) in [6.07, 6.45) is 7.09. The van der Waals surface area contributed by atoms with Crippen molar-refractivity contribution in [2.24, 2.45) is 4.99 Å². The lowest BCUT2D eigenvalue weighted by Crippen LogP contribution is -2.33. The maximum atomic E-state index is 13.3. The highest BCUT2D eigenvalue weighted by molar-refractivity contribution is 6.14. The molecule has 144 valence electrons. The van der Waals surface area contributed by atoms with Crippen LogP contribution in [0.15, 0.2) is 60.0 Å². The molecule has 0 unspecified atom stereocenters. The molecule has 28 heavy (non-hydrogen) atoms. The quantitative estimate of drug-likeness (QED) is 0.687. The molecular weight excluding hydrogens is 350 g/mol. The van der Waals surface area contributed by atoms with E-state index in [0.29, 0.717) is 11.4 Å². The van der Waals surface area contributed by atoms with Crippen LogP contribution in [0.4, 0.5) is 11.4 Å². The molecule has 0 aliphatic carbocycles. The minimum absolute atomic E-state index is 0.00679. The van der Waals surface area contributed by atoms with Crippen molar-refractivity contribution in [3.63, 3.8) is 0 Å². The smallest absolute Gasteiger partial charge is 0.241 e. The van der Waals surface area contributed by atoms with Crippen molar-refractivity contribution in [3.05, 3.63) is 66.1 Å². The molecule has 1 aromatic heterocycles. The number of carbonyl (C=O) groups excluding carboxylic acids is 1. The van der Waals surface area contributed by atoms with Crippen molar-refractivity contribution < 1.29 is 9.53 Å². The summed E-state index contributed by atoms with van der Waals surface area (Å²) in [5.41, 5.74) is 4.58. The number of methoxy groups -OCH3 is 1. The number of nitrogens with zero attached hydrogens (tertiary/aromatic N) is 3. The van der Waals surface area contributed by atoms with Gasteiger partial charge in [0.05, 0.1) is 36.3 Å². The largest absolute Gasteiger partial charge is 0.495 e. The van der Waals surface area contributed by atoms with Crippen LogP contribution in [0, 0.1) is 0 Å². The number of aromatic nitrogens is 1. The molecule has 1 aliphatic heterocycles. The fraction of sp³-hybridized carbons (Fsp3) is 0.261. The second-order valence-electron chi connectivity index (χ2n) is 7.32. The van der Waals surface area contributed by atoms with Gasteiger partial charge < -0.3 is 4.74 Å². The predicted octanol–water partition coefficient (Wildman–Crippen LogP) is 5.05. The minimum atomic E-state index is -0.626. The van der Waals surface area contributed by atoms with Crippen molar-refractivity contribution in [1.82, 2.24) is 4.98 Å². The van der Waals surface area contributed by atoms with Crippen LogP contribution in [-0.2, 0) is 10.2 Å². The monoisotopic (exact) mass is 375 g/mol. The molecule has 5 heteroatoms. The lowest BCUT2D eigenvalue weighted by Gasteiger charge is -2.20. The lowest BCUT2D eigenvalue weighted by atomic mass is 9.85. The van der Waals surface area contributed by atoms with Gasteiger partial charge in [-0.15, -0.1) is 0 Å². The van der Waals surface area contributed by atoms with Crippen LogP contribution < -0.4 is 9.64 Å². The maximum Gasteiger partial charge on any atom is 0.241 e. The Bertz CT molecular complexity index is 1000. The first kappa shape index (κ1) is 19.5. The molecule has 0 radical (unpaired) electrons. The Morgan fingerprint density at radius 3 is 2.68 bits per heavy atom. The van der Waals surface area contributed by atoms with E-state index in [4.69, 9.17) is 4.74 Å². The summed E-state index contributed by atoms with van der Waals surface area (Å²) < 4.78 is 5.29. The molecule has 0 N–H and O–H groups in total. The van der Waals surface area contributed by atoms with Gasteiger partial charge in [0.25, 0.3) is 0 Å². The first-order valence-electron chi connectivity index (χ1n) is 9.14. The third-order valence-corrected chi connectivity index (χ3v) is 4.91. The zero-order valence-corrected chi connectivity index (χ0v) is 17.0. The average molecular weight is 375 g/mol. The fourth-order valence-corrected chi connectivity index (χ4v) is 3.32. The number of ether oxygens (including phenoxy) is 1. The summed E-state index contributed by atoms with van der Waals surface area (Å²) in [5.74, 6) is 0.614. The highest BCUT2D eigenvalue weighted by Crippen LogP contribution is 2.46. The average Bonchev–Trinajstić information content (AvgIpc) is 2.88. The zero-order chi connectivity index (χ0) is 20.5. The standard InChI is InChI=1S/C23H25N3O2/c1-7-16(12-25-15(2)3)17-8-9-20-21(10-17)26(22(27)23(20,4)5)18-11-19(28-6)14-24-13-18/h7-14H,2H2,1,3-6H3/b16-7+,25-12?. The molecule has 0 fully saturated rings. The lowest BCUT2D eigenvalue weighted by molar-refractivity contribution is -0.121. The van der Waals surface area contributed by atoms with Crippen LogP contribution >= 0.6 is 0 Å². The van der Waals surface area contributed by atoms with E-state index in [2.05, 4.69) is 16.6 Å². The molecule has 0 bridgehead atoms. The molecule has 0 saturated carbocycles. The molecular formula is C23H25N3O2. The number of amides is 1. The van der Waals surface area contributed by atoms with Gasteiger partial charge in [0.15, 0.2) is 0 Å². The molecule has 2 aromatic rings. The van der Waals surface area contributed by atoms with E-state index in [9.17, 15) is 4.79 Å². The van der Waals surface area contributed by atoms with Gasteiger partial charge in [0, 0.05) is 18.0 Å². The van der Waals surface area contributed by atoms with Crippen molar-refractivity contribution in [1.29, 1.82) is 0 Å². The van der Waals surface area contributed by atoms with E-state index in [1.54, 1.807) is 30.6 Å². The van der Waals surface area contributed by atoms with E-state index in [0.717, 1.165) is 28.1 Å². The van der Waals surface area contributed by atoms with Crippen molar-refractivity contribution in [2.75, 3.05) is 12.0 Å². The van der Waals surface area contributed by atoms with Gasteiger partial charge in [0.1, 0.15) is 5.75 Å². The molecule has 3 rings (SSSR count). The van der Waals surface area contributed by atoms with E-state index in [-0.39, 0.29) is 5.91 Å². The Labute approximate surface area is 166 Å². The number of carbonyl (C=O) groups is 1. The minimum Gasteiger partial charge on any atom is -0.495 e. The normalized spacial score (nSPS) is 15.8. The van der Waals surface area contributed by atoms with Gasteiger partial charge in [-0.3, -0.25) is 19.7 Å². The van der Waals surface area contributed by atoms with Crippen LogP contribution in [0.5, 0.6) is 5.75 Å². The third-order valence-electron chi connectivity index (χ3n) is 4.91. The Kier molecular flexibility index (Phi) is 5.18. The van der Waals surface area contributed by atoms with Crippen LogP contribution in [0.1, 0.15) is 38.8 Å². The number of fused-ring (bicyclic) bond motifs is 1. The first-order valence-corrected chi connectivity index (χ1v) is 9.14. The van der Waals surface area contributed by atoms with E-state index in [1.807, 2.05) is 58.0 Å². The highest BCUT2D eigenvalue weighted by Gasteiger charge is 2.44. The summed E-state index contributed by atoms with van der Waals surface area (Å²) >= 11 is 0. The predicted molar refractivity (Wildman–Crippen MR) is 114 cm³/mol. The number of hydrogen-bond acceptors (Lipinski definition) is 4. The fourth-order valence-electron chi connectivity index (χ4n) is 3.32. The van der Waals surface area contributed by atoms with Crippen LogP contribution in [0.3, 0.4) is 0 Å². The second-order valence-corrected chi connectivity index (χ2v) is 7.32. The molecule has 0 saturated heterocycles. The van der Waals surface area contributed by atoms with Gasteiger partial charge >= 0.3 is 0 Å². The van der Waals surface area contributed by atoms with E-state index < -0.39 is 5.41 Å².